The van der Waals surface area contributed by atoms with E-state index in [1.807, 2.05) is 18.2 Å². The highest BCUT2D eigenvalue weighted by Crippen LogP contribution is 2.29. The Morgan fingerprint density at radius 1 is 1.26 bits per heavy atom. The number of aromatic nitrogens is 3. The molecule has 0 spiro atoms. The minimum atomic E-state index is 0.327. The lowest BCUT2D eigenvalue weighted by Gasteiger charge is -2.06. The molecule has 19 heavy (non-hydrogen) atoms. The van der Waals surface area contributed by atoms with Crippen molar-refractivity contribution in [2.24, 2.45) is 0 Å². The first-order chi connectivity index (χ1) is 9.28. The van der Waals surface area contributed by atoms with Crippen LogP contribution in [0.4, 0.5) is 0 Å². The van der Waals surface area contributed by atoms with E-state index in [1.54, 1.807) is 18.4 Å². The van der Waals surface area contributed by atoms with Crippen molar-refractivity contribution in [2.75, 3.05) is 7.11 Å². The second-order valence-corrected chi connectivity index (χ2v) is 5.37. The third-order valence-electron chi connectivity index (χ3n) is 2.70. The van der Waals surface area contributed by atoms with Crippen LogP contribution in [0.3, 0.4) is 0 Å². The number of benzene rings is 1. The molecule has 0 N–H and O–H groups in total. The quantitative estimate of drug-likeness (QED) is 0.695. The van der Waals surface area contributed by atoms with Crippen LogP contribution >= 0.6 is 22.9 Å². The number of halogens is 1. The minimum absolute atomic E-state index is 0.327. The normalized spacial score (nSPS) is 10.8. The maximum Gasteiger partial charge on any atom is 0.178 e. The highest BCUT2D eigenvalue weighted by Gasteiger charge is 2.13. The van der Waals surface area contributed by atoms with Gasteiger partial charge in [0.1, 0.15) is 6.33 Å². The molecule has 6 heteroatoms. The number of fused-ring (bicyclic) bond motifs is 1. The van der Waals surface area contributed by atoms with E-state index in [2.05, 4.69) is 21.0 Å². The van der Waals surface area contributed by atoms with Gasteiger partial charge in [0.15, 0.2) is 10.9 Å². The monoisotopic (exact) mass is 291 g/mol. The summed E-state index contributed by atoms with van der Waals surface area (Å²) in [5.41, 5.74) is 1.75. The number of thiazole rings is 1. The zero-order valence-electron chi connectivity index (χ0n) is 10.1. The topological polar surface area (TPSA) is 47.9 Å². The zero-order valence-corrected chi connectivity index (χ0v) is 11.7. The summed E-state index contributed by atoms with van der Waals surface area (Å²) in [5.74, 6) is 0.517. The molecule has 96 valence electrons. The molecule has 0 saturated carbocycles. The second-order valence-electron chi connectivity index (χ2n) is 3.90. The molecule has 2 heterocycles. The maximum absolute atomic E-state index is 5.98. The van der Waals surface area contributed by atoms with Gasteiger partial charge in [0.05, 0.1) is 28.0 Å². The number of ether oxygens (including phenoxy) is 1. The van der Waals surface area contributed by atoms with Gasteiger partial charge in [-0.2, -0.15) is 0 Å². The van der Waals surface area contributed by atoms with E-state index in [4.69, 9.17) is 16.3 Å². The SMILES string of the molecule is COc1c(Cl)ncnc1Cc1nc2ccccc2s1. The van der Waals surface area contributed by atoms with E-state index < -0.39 is 0 Å². The number of hydrogen-bond donors (Lipinski definition) is 0. The van der Waals surface area contributed by atoms with E-state index in [-0.39, 0.29) is 0 Å². The van der Waals surface area contributed by atoms with Crippen molar-refractivity contribution in [1.29, 1.82) is 0 Å². The Morgan fingerprint density at radius 2 is 2.11 bits per heavy atom. The van der Waals surface area contributed by atoms with Crippen LogP contribution in [0.2, 0.25) is 5.15 Å². The Hall–Kier alpha value is -1.72. The molecule has 2 aromatic heterocycles. The predicted molar refractivity (Wildman–Crippen MR) is 76.0 cm³/mol. The molecule has 0 aliphatic rings. The molecule has 3 aromatic rings. The lowest BCUT2D eigenvalue weighted by molar-refractivity contribution is 0.405. The van der Waals surface area contributed by atoms with Gasteiger partial charge < -0.3 is 4.74 Å². The summed E-state index contributed by atoms with van der Waals surface area (Å²) in [4.78, 5) is 12.7. The standard InChI is InChI=1S/C13H10ClN3OS/c1-18-12-9(15-7-16-13(12)14)6-11-17-8-4-2-3-5-10(8)19-11/h2-5,7H,6H2,1H3. The van der Waals surface area contributed by atoms with Crippen LogP contribution in [0.15, 0.2) is 30.6 Å². The average Bonchev–Trinajstić information content (AvgIpc) is 2.81. The number of nitrogens with zero attached hydrogens (tertiary/aromatic N) is 3. The predicted octanol–water partition coefficient (Wildman–Crippen LogP) is 3.34. The third-order valence-corrected chi connectivity index (χ3v) is 4.00. The fraction of sp³-hybridized carbons (Fsp3) is 0.154. The smallest absolute Gasteiger partial charge is 0.178 e. The van der Waals surface area contributed by atoms with Crippen LogP contribution in [0.1, 0.15) is 10.7 Å². The molecule has 0 radical (unpaired) electrons. The summed E-state index contributed by atoms with van der Waals surface area (Å²) < 4.78 is 6.41. The van der Waals surface area contributed by atoms with Crippen molar-refractivity contribution in [3.05, 3.63) is 46.4 Å². The fourth-order valence-electron chi connectivity index (χ4n) is 1.85. The molecule has 0 fully saturated rings. The van der Waals surface area contributed by atoms with Crippen LogP contribution in [-0.4, -0.2) is 22.1 Å². The van der Waals surface area contributed by atoms with Crippen LogP contribution in [0.5, 0.6) is 5.75 Å². The molecular weight excluding hydrogens is 282 g/mol. The molecule has 0 bridgehead atoms. The molecule has 0 atom stereocenters. The molecule has 0 aliphatic heterocycles. The van der Waals surface area contributed by atoms with Crippen LogP contribution in [0, 0.1) is 0 Å². The van der Waals surface area contributed by atoms with Crippen molar-refractivity contribution in [2.45, 2.75) is 6.42 Å². The Balaban J connectivity index is 1.99. The fourth-order valence-corrected chi connectivity index (χ4v) is 3.05. The summed E-state index contributed by atoms with van der Waals surface area (Å²) in [6.45, 7) is 0. The lowest BCUT2D eigenvalue weighted by atomic mass is 10.3. The van der Waals surface area contributed by atoms with Gasteiger partial charge in [-0.1, -0.05) is 23.7 Å². The van der Waals surface area contributed by atoms with Gasteiger partial charge >= 0.3 is 0 Å². The van der Waals surface area contributed by atoms with Crippen molar-refractivity contribution < 1.29 is 4.74 Å². The Bertz CT molecular complexity index is 696. The Labute approximate surface area is 119 Å². The second kappa shape index (κ2) is 5.11. The van der Waals surface area contributed by atoms with E-state index in [9.17, 15) is 0 Å². The molecule has 1 aromatic carbocycles. The van der Waals surface area contributed by atoms with Gasteiger partial charge in [-0.15, -0.1) is 11.3 Å². The highest BCUT2D eigenvalue weighted by atomic mass is 35.5. The van der Waals surface area contributed by atoms with Gasteiger partial charge in [0.2, 0.25) is 0 Å². The van der Waals surface area contributed by atoms with E-state index in [0.29, 0.717) is 17.3 Å². The van der Waals surface area contributed by atoms with Gasteiger partial charge in [-0.05, 0) is 12.1 Å². The Kier molecular flexibility index (Phi) is 3.31. The lowest BCUT2D eigenvalue weighted by Crippen LogP contribution is -1.99. The summed E-state index contributed by atoms with van der Waals surface area (Å²) in [5, 5.41) is 1.31. The van der Waals surface area contributed by atoms with Gasteiger partial charge in [-0.25, -0.2) is 15.0 Å². The summed E-state index contributed by atoms with van der Waals surface area (Å²) in [7, 11) is 1.56. The molecule has 0 saturated heterocycles. The van der Waals surface area contributed by atoms with E-state index in [0.717, 1.165) is 20.9 Å². The average molecular weight is 292 g/mol. The van der Waals surface area contributed by atoms with Crippen molar-refractivity contribution >= 4 is 33.2 Å². The van der Waals surface area contributed by atoms with Crippen molar-refractivity contribution in [3.63, 3.8) is 0 Å². The molecular formula is C13H10ClN3OS. The largest absolute Gasteiger partial charge is 0.492 e. The number of para-hydroxylation sites is 1. The molecule has 3 rings (SSSR count). The van der Waals surface area contributed by atoms with Crippen LogP contribution in [-0.2, 0) is 6.42 Å². The van der Waals surface area contributed by atoms with Gasteiger partial charge in [-0.3, -0.25) is 0 Å². The number of rotatable bonds is 3. The molecule has 0 aliphatic carbocycles. The maximum atomic E-state index is 5.98. The number of methoxy groups -OCH3 is 1. The van der Waals surface area contributed by atoms with Gasteiger partial charge in [0.25, 0.3) is 0 Å². The summed E-state index contributed by atoms with van der Waals surface area (Å²) in [6, 6.07) is 8.04. The summed E-state index contributed by atoms with van der Waals surface area (Å²) in [6.07, 6.45) is 2.03. The van der Waals surface area contributed by atoms with Crippen LogP contribution < -0.4 is 4.74 Å². The first-order valence-electron chi connectivity index (χ1n) is 5.65. The first kappa shape index (κ1) is 12.3. The van der Waals surface area contributed by atoms with E-state index in [1.165, 1.54) is 6.33 Å². The summed E-state index contributed by atoms with van der Waals surface area (Å²) >= 11 is 7.63. The Morgan fingerprint density at radius 3 is 2.89 bits per heavy atom. The van der Waals surface area contributed by atoms with Gasteiger partial charge in [0, 0.05) is 6.42 Å². The van der Waals surface area contributed by atoms with E-state index >= 15 is 0 Å². The van der Waals surface area contributed by atoms with Crippen molar-refractivity contribution in [3.8, 4) is 5.75 Å². The number of hydrogen-bond acceptors (Lipinski definition) is 5. The molecule has 0 unspecified atom stereocenters. The molecule has 0 amide bonds. The zero-order chi connectivity index (χ0) is 13.2. The molecule has 4 nitrogen and oxygen atoms in total. The third kappa shape index (κ3) is 2.39. The minimum Gasteiger partial charge on any atom is -0.492 e. The van der Waals surface area contributed by atoms with Crippen LogP contribution in [0.25, 0.3) is 10.2 Å². The van der Waals surface area contributed by atoms with Crippen molar-refractivity contribution in [1.82, 2.24) is 15.0 Å². The highest BCUT2D eigenvalue weighted by molar-refractivity contribution is 7.18. The first-order valence-corrected chi connectivity index (χ1v) is 6.85.